The van der Waals surface area contributed by atoms with Crippen molar-refractivity contribution in [2.75, 3.05) is 14.1 Å². The van der Waals surface area contributed by atoms with E-state index in [2.05, 4.69) is 15.3 Å². The number of nitrogens with one attached hydrogen (secondary N) is 1. The highest BCUT2D eigenvalue weighted by Crippen LogP contribution is 2.09. The number of carbonyl (C=O) groups excluding carboxylic acids is 1. The maximum atomic E-state index is 11.6. The highest BCUT2D eigenvalue weighted by atomic mass is 32.1. The summed E-state index contributed by atoms with van der Waals surface area (Å²) in [5, 5.41) is 7.14. The zero-order chi connectivity index (χ0) is 17.1. The first-order valence-corrected chi connectivity index (χ1v) is 8.03. The number of rotatable bonds is 5. The Bertz CT molecular complexity index is 913. The van der Waals surface area contributed by atoms with Crippen molar-refractivity contribution in [1.82, 2.24) is 24.4 Å². The normalized spacial score (nSPS) is 11.1. The lowest BCUT2D eigenvalue weighted by molar-refractivity contribution is 0.0963. The molecule has 3 aromatic rings. The van der Waals surface area contributed by atoms with Crippen LogP contribution in [0.3, 0.4) is 0 Å². The highest BCUT2D eigenvalue weighted by Gasteiger charge is 2.07. The molecule has 3 rings (SSSR count). The second-order valence-corrected chi connectivity index (χ2v) is 6.01. The molecular weight excluding hydrogens is 322 g/mol. The average molecular weight is 341 g/mol. The monoisotopic (exact) mass is 341 g/mol. The molecule has 0 radical (unpaired) electrons. The molecule has 1 N–H and O–H groups in total. The number of pyridine rings is 1. The average Bonchev–Trinajstić information content (AvgIpc) is 2.91. The van der Waals surface area contributed by atoms with Crippen molar-refractivity contribution >= 4 is 23.8 Å². The molecule has 124 valence electrons. The molecule has 0 aliphatic carbocycles. The van der Waals surface area contributed by atoms with E-state index in [4.69, 9.17) is 12.2 Å². The van der Waals surface area contributed by atoms with Crippen LogP contribution < -0.4 is 5.32 Å². The van der Waals surface area contributed by atoms with Gasteiger partial charge in [0.15, 0.2) is 5.65 Å². The molecule has 0 aliphatic rings. The van der Waals surface area contributed by atoms with Gasteiger partial charge in [-0.1, -0.05) is 18.2 Å². The van der Waals surface area contributed by atoms with E-state index in [0.717, 1.165) is 17.8 Å². The number of aromatic nitrogens is 3. The minimum absolute atomic E-state index is 0.0779. The van der Waals surface area contributed by atoms with Gasteiger partial charge in [0, 0.05) is 25.4 Å². The molecule has 6 nitrogen and oxygen atoms in total. The molecule has 1 aromatic carbocycles. The van der Waals surface area contributed by atoms with Gasteiger partial charge < -0.3 is 5.32 Å². The number of amides is 1. The van der Waals surface area contributed by atoms with E-state index in [0.29, 0.717) is 17.0 Å². The van der Waals surface area contributed by atoms with Gasteiger partial charge in [-0.15, -0.1) is 0 Å². The van der Waals surface area contributed by atoms with E-state index in [9.17, 15) is 4.79 Å². The number of hydrogen-bond acceptors (Lipinski definition) is 4. The molecule has 0 spiro atoms. The molecule has 0 atom stereocenters. The molecule has 0 aliphatic heterocycles. The van der Waals surface area contributed by atoms with E-state index < -0.39 is 0 Å². The molecule has 0 saturated carbocycles. The van der Waals surface area contributed by atoms with Crippen molar-refractivity contribution < 1.29 is 4.79 Å². The van der Waals surface area contributed by atoms with Crippen LogP contribution in [0.25, 0.3) is 5.65 Å². The van der Waals surface area contributed by atoms with Gasteiger partial charge in [0.05, 0.1) is 6.67 Å². The number of nitrogens with zero attached hydrogens (tertiary/aromatic N) is 4. The Morgan fingerprint density at radius 1 is 1.25 bits per heavy atom. The van der Waals surface area contributed by atoms with E-state index >= 15 is 0 Å². The second-order valence-electron chi connectivity index (χ2n) is 5.64. The SMILES string of the molecule is CNC(=O)c1ccc(CN(C)Cn2nc3ccccn3c2=S)cc1. The Balaban J connectivity index is 1.70. The van der Waals surface area contributed by atoms with Crippen molar-refractivity contribution in [2.45, 2.75) is 13.2 Å². The number of hydrogen-bond donors (Lipinski definition) is 1. The van der Waals surface area contributed by atoms with Crippen molar-refractivity contribution in [3.05, 3.63) is 64.6 Å². The number of carbonyl (C=O) groups is 1. The summed E-state index contributed by atoms with van der Waals surface area (Å²) in [6.07, 6.45) is 1.92. The Kier molecular flexibility index (Phi) is 4.73. The van der Waals surface area contributed by atoms with Gasteiger partial charge in [-0.25, -0.2) is 4.68 Å². The lowest BCUT2D eigenvalue weighted by Gasteiger charge is -2.16. The molecule has 0 bridgehead atoms. The summed E-state index contributed by atoms with van der Waals surface area (Å²) in [7, 11) is 3.64. The summed E-state index contributed by atoms with van der Waals surface area (Å²) in [6, 6.07) is 13.4. The molecule has 2 aromatic heterocycles. The van der Waals surface area contributed by atoms with Crippen molar-refractivity contribution in [1.29, 1.82) is 0 Å². The van der Waals surface area contributed by atoms with E-state index in [1.165, 1.54) is 0 Å². The topological polar surface area (TPSA) is 54.6 Å². The van der Waals surface area contributed by atoms with Gasteiger partial charge in [-0.2, -0.15) is 5.10 Å². The molecule has 0 unspecified atom stereocenters. The van der Waals surface area contributed by atoms with Crippen molar-refractivity contribution in [3.8, 4) is 0 Å². The first-order chi connectivity index (χ1) is 11.6. The maximum Gasteiger partial charge on any atom is 0.251 e. The third-order valence-electron chi connectivity index (χ3n) is 3.76. The van der Waals surface area contributed by atoms with Gasteiger partial charge in [-0.3, -0.25) is 14.1 Å². The smallest absolute Gasteiger partial charge is 0.251 e. The third-order valence-corrected chi connectivity index (χ3v) is 4.17. The lowest BCUT2D eigenvalue weighted by atomic mass is 10.1. The number of benzene rings is 1. The largest absolute Gasteiger partial charge is 0.355 e. The zero-order valence-electron chi connectivity index (χ0n) is 13.6. The predicted molar refractivity (Wildman–Crippen MR) is 95.3 cm³/mol. The first-order valence-electron chi connectivity index (χ1n) is 7.62. The summed E-state index contributed by atoms with van der Waals surface area (Å²) in [6.45, 7) is 1.33. The maximum absolute atomic E-state index is 11.6. The van der Waals surface area contributed by atoms with Crippen LogP contribution in [0, 0.1) is 4.77 Å². The van der Waals surface area contributed by atoms with Gasteiger partial charge in [0.2, 0.25) is 4.77 Å². The van der Waals surface area contributed by atoms with Crippen LogP contribution in [0.2, 0.25) is 0 Å². The van der Waals surface area contributed by atoms with E-state index in [-0.39, 0.29) is 5.91 Å². The Morgan fingerprint density at radius 2 is 2.00 bits per heavy atom. The van der Waals surface area contributed by atoms with Gasteiger partial charge >= 0.3 is 0 Å². The lowest BCUT2D eigenvalue weighted by Crippen LogP contribution is -2.22. The molecule has 1 amide bonds. The first kappa shape index (κ1) is 16.4. The molecule has 0 fully saturated rings. The van der Waals surface area contributed by atoms with E-state index in [1.54, 1.807) is 7.05 Å². The molecule has 24 heavy (non-hydrogen) atoms. The van der Waals surface area contributed by atoms with Crippen LogP contribution in [0.1, 0.15) is 15.9 Å². The third kappa shape index (κ3) is 3.37. The summed E-state index contributed by atoms with van der Waals surface area (Å²) in [5.41, 5.74) is 2.62. The fourth-order valence-electron chi connectivity index (χ4n) is 2.56. The van der Waals surface area contributed by atoms with Gasteiger partial charge in [0.1, 0.15) is 0 Å². The summed E-state index contributed by atoms with van der Waals surface area (Å²) in [5.74, 6) is -0.0779. The van der Waals surface area contributed by atoms with Crippen LogP contribution in [0.4, 0.5) is 0 Å². The minimum Gasteiger partial charge on any atom is -0.355 e. The predicted octanol–water partition coefficient (Wildman–Crippen LogP) is 2.31. The molecule has 0 saturated heterocycles. The fourth-order valence-corrected chi connectivity index (χ4v) is 2.81. The summed E-state index contributed by atoms with van der Waals surface area (Å²) < 4.78 is 4.37. The number of fused-ring (bicyclic) bond motifs is 1. The van der Waals surface area contributed by atoms with Crippen LogP contribution in [0.15, 0.2) is 48.7 Å². The van der Waals surface area contributed by atoms with Crippen LogP contribution in [-0.4, -0.2) is 39.1 Å². The van der Waals surface area contributed by atoms with Crippen LogP contribution in [0.5, 0.6) is 0 Å². The highest BCUT2D eigenvalue weighted by molar-refractivity contribution is 7.71. The molecule has 2 heterocycles. The van der Waals surface area contributed by atoms with Gasteiger partial charge in [0.25, 0.3) is 5.91 Å². The molecular formula is C17H19N5OS. The van der Waals surface area contributed by atoms with Crippen molar-refractivity contribution in [2.24, 2.45) is 0 Å². The van der Waals surface area contributed by atoms with Crippen LogP contribution in [-0.2, 0) is 13.2 Å². The Hall–Kier alpha value is -2.51. The van der Waals surface area contributed by atoms with Gasteiger partial charge in [-0.05, 0) is 49.1 Å². The Labute approximate surface area is 145 Å². The summed E-state index contributed by atoms with van der Waals surface area (Å²) >= 11 is 5.46. The fraction of sp³-hybridized carbons (Fsp3) is 0.235. The van der Waals surface area contributed by atoms with Crippen LogP contribution >= 0.6 is 12.2 Å². The van der Waals surface area contributed by atoms with Crippen molar-refractivity contribution in [3.63, 3.8) is 0 Å². The second kappa shape index (κ2) is 6.94. The Morgan fingerprint density at radius 3 is 2.67 bits per heavy atom. The zero-order valence-corrected chi connectivity index (χ0v) is 14.5. The standard InChI is InChI=1S/C17H19N5OS/c1-18-16(23)14-8-6-13(7-9-14)11-20(2)12-22-17(24)21-10-4-3-5-15(21)19-22/h3-10H,11-12H2,1-2H3,(H,18,23). The molecule has 7 heteroatoms. The quantitative estimate of drug-likeness (QED) is 0.724. The minimum atomic E-state index is -0.0779. The summed E-state index contributed by atoms with van der Waals surface area (Å²) in [4.78, 5) is 13.7. The van der Waals surface area contributed by atoms with E-state index in [1.807, 2.05) is 64.8 Å².